The molecule has 1 saturated heterocycles. The van der Waals surface area contributed by atoms with Gasteiger partial charge in [-0.25, -0.2) is 4.79 Å². The molecule has 2 N–H and O–H groups in total. The van der Waals surface area contributed by atoms with Gasteiger partial charge in [0, 0.05) is 12.2 Å². The van der Waals surface area contributed by atoms with Crippen LogP contribution in [0.5, 0.6) is 0 Å². The maximum atomic E-state index is 12.0. The minimum atomic E-state index is -0.946. The second-order valence-corrected chi connectivity index (χ2v) is 3.93. The number of nitrogens with one attached hydrogen (secondary N) is 1. The van der Waals surface area contributed by atoms with Gasteiger partial charge in [-0.3, -0.25) is 9.89 Å². The van der Waals surface area contributed by atoms with Gasteiger partial charge in [0.1, 0.15) is 11.7 Å². The first-order chi connectivity index (χ1) is 7.59. The lowest BCUT2D eigenvalue weighted by molar-refractivity contribution is -0.141. The Kier molecular flexibility index (Phi) is 2.64. The van der Waals surface area contributed by atoms with E-state index in [1.165, 1.54) is 4.90 Å². The Balaban J connectivity index is 2.18. The van der Waals surface area contributed by atoms with Crippen LogP contribution in [0, 0.1) is 6.92 Å². The number of hydrogen-bond donors (Lipinski definition) is 2. The van der Waals surface area contributed by atoms with Crippen molar-refractivity contribution in [3.8, 4) is 0 Å². The van der Waals surface area contributed by atoms with E-state index in [0.717, 1.165) is 12.1 Å². The minimum absolute atomic E-state index is 0.283. The fraction of sp³-hybridized carbons (Fsp3) is 0.500. The van der Waals surface area contributed by atoms with Crippen molar-refractivity contribution in [2.75, 3.05) is 6.54 Å². The van der Waals surface area contributed by atoms with Crippen LogP contribution in [0.15, 0.2) is 6.07 Å². The third-order valence-electron chi connectivity index (χ3n) is 2.72. The summed E-state index contributed by atoms with van der Waals surface area (Å²) < 4.78 is 0. The number of aliphatic carboxylic acids is 1. The van der Waals surface area contributed by atoms with Crippen molar-refractivity contribution >= 4 is 11.9 Å². The van der Waals surface area contributed by atoms with Crippen LogP contribution >= 0.6 is 0 Å². The number of carbonyl (C=O) groups is 2. The summed E-state index contributed by atoms with van der Waals surface area (Å²) in [7, 11) is 0. The molecule has 0 radical (unpaired) electrons. The number of aromatic nitrogens is 2. The van der Waals surface area contributed by atoms with E-state index < -0.39 is 12.0 Å². The van der Waals surface area contributed by atoms with Crippen molar-refractivity contribution in [1.29, 1.82) is 0 Å². The first kappa shape index (κ1) is 10.7. The van der Waals surface area contributed by atoms with Gasteiger partial charge in [-0.2, -0.15) is 5.10 Å². The molecule has 2 heterocycles. The zero-order valence-electron chi connectivity index (χ0n) is 8.93. The van der Waals surface area contributed by atoms with E-state index in [-0.39, 0.29) is 11.6 Å². The first-order valence-corrected chi connectivity index (χ1v) is 5.15. The summed E-state index contributed by atoms with van der Waals surface area (Å²) in [6.45, 7) is 2.28. The third-order valence-corrected chi connectivity index (χ3v) is 2.72. The molecule has 1 fully saturated rings. The van der Waals surface area contributed by atoms with E-state index in [9.17, 15) is 9.59 Å². The molecule has 0 bridgehead atoms. The second kappa shape index (κ2) is 3.96. The highest BCUT2D eigenvalue weighted by Gasteiger charge is 2.35. The Labute approximate surface area is 92.3 Å². The number of nitrogens with zero attached hydrogens (tertiary/aromatic N) is 2. The lowest BCUT2D eigenvalue weighted by Crippen LogP contribution is -2.40. The van der Waals surface area contributed by atoms with Crippen molar-refractivity contribution in [3.63, 3.8) is 0 Å². The predicted molar refractivity (Wildman–Crippen MR) is 55.0 cm³/mol. The van der Waals surface area contributed by atoms with Gasteiger partial charge in [0.15, 0.2) is 0 Å². The van der Waals surface area contributed by atoms with Gasteiger partial charge in [0.25, 0.3) is 5.91 Å². The molecule has 1 aromatic rings. The van der Waals surface area contributed by atoms with Crippen molar-refractivity contribution < 1.29 is 14.7 Å². The molecule has 1 atom stereocenters. The summed E-state index contributed by atoms with van der Waals surface area (Å²) in [5.74, 6) is -1.26. The minimum Gasteiger partial charge on any atom is -0.480 e. The molecular formula is C10H13N3O3. The summed E-state index contributed by atoms with van der Waals surface area (Å²) >= 11 is 0. The summed E-state index contributed by atoms with van der Waals surface area (Å²) in [4.78, 5) is 24.3. The quantitative estimate of drug-likeness (QED) is 0.760. The SMILES string of the molecule is Cc1cc(C(=O)N2CCC[C@H]2C(=O)O)n[nH]1. The van der Waals surface area contributed by atoms with Gasteiger partial charge in [-0.1, -0.05) is 0 Å². The van der Waals surface area contributed by atoms with Gasteiger partial charge in [0.2, 0.25) is 0 Å². The Hall–Kier alpha value is -1.85. The summed E-state index contributed by atoms with van der Waals surface area (Å²) in [6, 6.07) is 0.920. The summed E-state index contributed by atoms with van der Waals surface area (Å²) in [6.07, 6.45) is 1.25. The van der Waals surface area contributed by atoms with Gasteiger partial charge < -0.3 is 10.0 Å². The van der Waals surface area contributed by atoms with E-state index in [4.69, 9.17) is 5.11 Å². The number of carboxylic acid groups (broad SMARTS) is 1. The standard InChI is InChI=1S/C10H13N3O3/c1-6-5-7(12-11-6)9(14)13-4-2-3-8(13)10(15)16/h5,8H,2-4H2,1H3,(H,11,12)(H,15,16)/t8-/m0/s1. The average molecular weight is 223 g/mol. The van der Waals surface area contributed by atoms with Crippen molar-refractivity contribution in [2.24, 2.45) is 0 Å². The van der Waals surface area contributed by atoms with Crippen LogP contribution in [0.25, 0.3) is 0 Å². The van der Waals surface area contributed by atoms with Crippen LogP contribution in [-0.4, -0.2) is 44.7 Å². The number of rotatable bonds is 2. The van der Waals surface area contributed by atoms with Crippen molar-refractivity contribution in [1.82, 2.24) is 15.1 Å². The highest BCUT2D eigenvalue weighted by Crippen LogP contribution is 2.19. The first-order valence-electron chi connectivity index (χ1n) is 5.15. The summed E-state index contributed by atoms with van der Waals surface area (Å²) in [5.41, 5.74) is 1.07. The Morgan fingerprint density at radius 2 is 2.38 bits per heavy atom. The number of amides is 1. The molecule has 86 valence electrons. The van der Waals surface area contributed by atoms with Gasteiger partial charge >= 0.3 is 5.97 Å². The normalized spacial score (nSPS) is 20.1. The molecule has 6 nitrogen and oxygen atoms in total. The zero-order valence-corrected chi connectivity index (χ0v) is 8.93. The molecule has 0 saturated carbocycles. The fourth-order valence-electron chi connectivity index (χ4n) is 1.94. The molecular weight excluding hydrogens is 210 g/mol. The number of likely N-dealkylation sites (tertiary alicyclic amines) is 1. The number of aromatic amines is 1. The maximum absolute atomic E-state index is 12.0. The highest BCUT2D eigenvalue weighted by atomic mass is 16.4. The zero-order chi connectivity index (χ0) is 11.7. The Morgan fingerprint density at radius 1 is 1.62 bits per heavy atom. The maximum Gasteiger partial charge on any atom is 0.326 e. The molecule has 1 amide bonds. The van der Waals surface area contributed by atoms with Crippen LogP contribution in [-0.2, 0) is 4.79 Å². The monoisotopic (exact) mass is 223 g/mol. The summed E-state index contributed by atoms with van der Waals surface area (Å²) in [5, 5.41) is 15.5. The number of carboxylic acids is 1. The van der Waals surface area contributed by atoms with Crippen LogP contribution in [0.3, 0.4) is 0 Å². The Bertz CT molecular complexity index is 427. The van der Waals surface area contributed by atoms with E-state index in [1.54, 1.807) is 13.0 Å². The van der Waals surface area contributed by atoms with Gasteiger partial charge in [-0.05, 0) is 25.8 Å². The van der Waals surface area contributed by atoms with Gasteiger partial charge in [-0.15, -0.1) is 0 Å². The van der Waals surface area contributed by atoms with Crippen LogP contribution in [0.2, 0.25) is 0 Å². The molecule has 1 aliphatic heterocycles. The lowest BCUT2D eigenvalue weighted by atomic mass is 10.2. The molecule has 0 aromatic carbocycles. The number of hydrogen-bond acceptors (Lipinski definition) is 3. The largest absolute Gasteiger partial charge is 0.480 e. The van der Waals surface area contributed by atoms with E-state index >= 15 is 0 Å². The van der Waals surface area contributed by atoms with Crippen LogP contribution in [0.1, 0.15) is 29.0 Å². The average Bonchev–Trinajstić information content (AvgIpc) is 2.84. The smallest absolute Gasteiger partial charge is 0.326 e. The number of aryl methyl sites for hydroxylation is 1. The molecule has 0 aliphatic carbocycles. The molecule has 6 heteroatoms. The fourth-order valence-corrected chi connectivity index (χ4v) is 1.94. The van der Waals surface area contributed by atoms with Crippen LogP contribution < -0.4 is 0 Å². The predicted octanol–water partition coefficient (Wildman–Crippen LogP) is 0.407. The van der Waals surface area contributed by atoms with Gasteiger partial charge in [0.05, 0.1) is 0 Å². The van der Waals surface area contributed by atoms with E-state index in [2.05, 4.69) is 10.2 Å². The number of carbonyl (C=O) groups excluding carboxylic acids is 1. The molecule has 1 aromatic heterocycles. The third kappa shape index (κ3) is 1.78. The second-order valence-electron chi connectivity index (χ2n) is 3.93. The molecule has 2 rings (SSSR count). The topological polar surface area (TPSA) is 86.3 Å². The highest BCUT2D eigenvalue weighted by molar-refractivity contribution is 5.95. The molecule has 0 spiro atoms. The van der Waals surface area contributed by atoms with Crippen molar-refractivity contribution in [3.05, 3.63) is 17.5 Å². The van der Waals surface area contributed by atoms with Crippen LogP contribution in [0.4, 0.5) is 0 Å². The molecule has 16 heavy (non-hydrogen) atoms. The number of H-pyrrole nitrogens is 1. The Morgan fingerprint density at radius 3 is 2.94 bits per heavy atom. The van der Waals surface area contributed by atoms with E-state index in [1.807, 2.05) is 0 Å². The molecule has 1 aliphatic rings. The van der Waals surface area contributed by atoms with E-state index in [0.29, 0.717) is 13.0 Å². The lowest BCUT2D eigenvalue weighted by Gasteiger charge is -2.19. The molecule has 0 unspecified atom stereocenters. The van der Waals surface area contributed by atoms with Crippen molar-refractivity contribution in [2.45, 2.75) is 25.8 Å².